The fourth-order valence-electron chi connectivity index (χ4n) is 3.84. The van der Waals surface area contributed by atoms with Crippen LogP contribution in [0.1, 0.15) is 22.4 Å². The van der Waals surface area contributed by atoms with Gasteiger partial charge >= 0.3 is 0 Å². The van der Waals surface area contributed by atoms with Gasteiger partial charge in [0.25, 0.3) is 0 Å². The number of aryl methyl sites for hydroxylation is 2. The molecule has 0 aliphatic carbocycles. The lowest BCUT2D eigenvalue weighted by Crippen LogP contribution is -2.48. The van der Waals surface area contributed by atoms with Crippen LogP contribution in [0.4, 0.5) is 5.13 Å². The van der Waals surface area contributed by atoms with E-state index in [1.54, 1.807) is 23.5 Å². The van der Waals surface area contributed by atoms with Gasteiger partial charge in [-0.2, -0.15) is 4.31 Å². The van der Waals surface area contributed by atoms with Crippen molar-refractivity contribution >= 4 is 49.7 Å². The van der Waals surface area contributed by atoms with Crippen molar-refractivity contribution in [3.05, 3.63) is 74.2 Å². The van der Waals surface area contributed by atoms with Crippen molar-refractivity contribution in [1.29, 1.82) is 0 Å². The standard InChI is InChI=1S/C22H23Cl2N3O2S2/c1-15-10-16(2)12-17(11-15)13-18-14-30-22(25-18)26-6-8-27(9-7-26)31(28,29)20-5-3-4-19(23)21(20)24/h3-5,10-12,14H,6-9,13H2,1-2H3. The molecule has 1 aromatic heterocycles. The molecule has 164 valence electrons. The molecule has 0 amide bonds. The van der Waals surface area contributed by atoms with Gasteiger partial charge in [0.15, 0.2) is 5.13 Å². The third kappa shape index (κ3) is 4.91. The van der Waals surface area contributed by atoms with E-state index in [1.807, 2.05) is 0 Å². The smallest absolute Gasteiger partial charge is 0.244 e. The lowest BCUT2D eigenvalue weighted by molar-refractivity contribution is 0.384. The molecule has 1 saturated heterocycles. The third-order valence-corrected chi connectivity index (χ3v) is 9.07. The minimum absolute atomic E-state index is 0.0556. The van der Waals surface area contributed by atoms with E-state index in [0.29, 0.717) is 26.2 Å². The zero-order valence-electron chi connectivity index (χ0n) is 17.3. The van der Waals surface area contributed by atoms with E-state index in [2.05, 4.69) is 42.3 Å². The molecule has 0 saturated carbocycles. The highest BCUT2D eigenvalue weighted by Gasteiger charge is 2.31. The first-order valence-corrected chi connectivity index (χ1v) is 13.0. The third-order valence-electron chi connectivity index (χ3n) is 5.25. The molecule has 31 heavy (non-hydrogen) atoms. The molecule has 9 heteroatoms. The van der Waals surface area contributed by atoms with Gasteiger partial charge in [-0.15, -0.1) is 11.3 Å². The van der Waals surface area contributed by atoms with E-state index in [9.17, 15) is 8.42 Å². The molecule has 0 bridgehead atoms. The summed E-state index contributed by atoms with van der Waals surface area (Å²) >= 11 is 13.8. The van der Waals surface area contributed by atoms with Gasteiger partial charge in [-0.05, 0) is 31.5 Å². The maximum atomic E-state index is 13.0. The Balaban J connectivity index is 1.43. The fraction of sp³-hybridized carbons (Fsp3) is 0.318. The minimum Gasteiger partial charge on any atom is -0.345 e. The summed E-state index contributed by atoms with van der Waals surface area (Å²) in [5.74, 6) is 0. The Labute approximate surface area is 197 Å². The van der Waals surface area contributed by atoms with Gasteiger partial charge in [-0.3, -0.25) is 0 Å². The van der Waals surface area contributed by atoms with Crippen molar-refractivity contribution in [2.45, 2.75) is 25.2 Å². The predicted octanol–water partition coefficient (Wildman–Crippen LogP) is 5.17. The molecule has 0 unspecified atom stereocenters. The number of piperazine rings is 1. The summed E-state index contributed by atoms with van der Waals surface area (Å²) in [6, 6.07) is 11.2. The summed E-state index contributed by atoms with van der Waals surface area (Å²) in [4.78, 5) is 6.99. The Morgan fingerprint density at radius 3 is 2.39 bits per heavy atom. The molecular formula is C22H23Cl2N3O2S2. The van der Waals surface area contributed by atoms with Crippen LogP contribution < -0.4 is 4.90 Å². The zero-order chi connectivity index (χ0) is 22.2. The van der Waals surface area contributed by atoms with E-state index in [0.717, 1.165) is 17.2 Å². The summed E-state index contributed by atoms with van der Waals surface area (Å²) in [6.45, 7) is 6.11. The topological polar surface area (TPSA) is 53.5 Å². The van der Waals surface area contributed by atoms with Crippen LogP contribution in [0.3, 0.4) is 0 Å². The van der Waals surface area contributed by atoms with Crippen LogP contribution >= 0.6 is 34.5 Å². The molecule has 0 N–H and O–H groups in total. The van der Waals surface area contributed by atoms with E-state index in [-0.39, 0.29) is 14.9 Å². The SMILES string of the molecule is Cc1cc(C)cc(Cc2csc(N3CCN(S(=O)(=O)c4cccc(Cl)c4Cl)CC3)n2)c1. The molecule has 0 spiro atoms. The quantitative estimate of drug-likeness (QED) is 0.489. The van der Waals surface area contributed by atoms with Gasteiger partial charge in [0, 0.05) is 38.0 Å². The first kappa shape index (κ1) is 22.6. The molecule has 5 nitrogen and oxygen atoms in total. The number of anilines is 1. The van der Waals surface area contributed by atoms with Gasteiger partial charge in [0.2, 0.25) is 10.0 Å². The van der Waals surface area contributed by atoms with Crippen LogP contribution in [-0.2, 0) is 16.4 Å². The molecule has 1 aliphatic rings. The number of benzene rings is 2. The van der Waals surface area contributed by atoms with Gasteiger partial charge in [0.1, 0.15) is 4.90 Å². The number of rotatable bonds is 5. The lowest BCUT2D eigenvalue weighted by Gasteiger charge is -2.34. The summed E-state index contributed by atoms with van der Waals surface area (Å²) in [7, 11) is -3.69. The van der Waals surface area contributed by atoms with E-state index >= 15 is 0 Å². The van der Waals surface area contributed by atoms with E-state index in [4.69, 9.17) is 28.2 Å². The van der Waals surface area contributed by atoms with Crippen molar-refractivity contribution in [3.63, 3.8) is 0 Å². The van der Waals surface area contributed by atoms with Gasteiger partial charge < -0.3 is 4.90 Å². The zero-order valence-corrected chi connectivity index (χ0v) is 20.5. The normalized spacial score (nSPS) is 15.4. The molecule has 0 atom stereocenters. The number of sulfonamides is 1. The Bertz CT molecular complexity index is 1180. The van der Waals surface area contributed by atoms with E-state index in [1.165, 1.54) is 27.1 Å². The number of hydrogen-bond donors (Lipinski definition) is 0. The van der Waals surface area contributed by atoms with Crippen LogP contribution in [-0.4, -0.2) is 43.9 Å². The second-order valence-electron chi connectivity index (χ2n) is 7.74. The summed E-state index contributed by atoms with van der Waals surface area (Å²) in [5, 5.41) is 3.32. The number of thiazole rings is 1. The highest BCUT2D eigenvalue weighted by atomic mass is 35.5. The molecule has 1 aliphatic heterocycles. The van der Waals surface area contributed by atoms with Gasteiger partial charge in [-0.1, -0.05) is 58.6 Å². The van der Waals surface area contributed by atoms with Gasteiger partial charge in [-0.25, -0.2) is 13.4 Å². The Hall–Kier alpha value is -1.64. The maximum absolute atomic E-state index is 13.0. The van der Waals surface area contributed by atoms with E-state index < -0.39 is 10.0 Å². The minimum atomic E-state index is -3.69. The number of hydrogen-bond acceptors (Lipinski definition) is 5. The first-order valence-electron chi connectivity index (χ1n) is 9.95. The average Bonchev–Trinajstić information content (AvgIpc) is 3.17. The summed E-state index contributed by atoms with van der Waals surface area (Å²) in [6.07, 6.45) is 0.792. The van der Waals surface area contributed by atoms with Crippen molar-refractivity contribution in [1.82, 2.24) is 9.29 Å². The molecule has 1 fully saturated rings. The fourth-order valence-corrected chi connectivity index (χ4v) is 6.88. The Morgan fingerprint density at radius 1 is 1.03 bits per heavy atom. The van der Waals surface area contributed by atoms with Crippen LogP contribution in [0.25, 0.3) is 0 Å². The molecule has 2 heterocycles. The monoisotopic (exact) mass is 495 g/mol. The first-order chi connectivity index (χ1) is 14.7. The molecule has 2 aromatic carbocycles. The maximum Gasteiger partial charge on any atom is 0.244 e. The Morgan fingerprint density at radius 2 is 1.71 bits per heavy atom. The lowest BCUT2D eigenvalue weighted by atomic mass is 10.0. The highest BCUT2D eigenvalue weighted by molar-refractivity contribution is 7.89. The van der Waals surface area contributed by atoms with Crippen LogP contribution in [0.5, 0.6) is 0 Å². The van der Waals surface area contributed by atoms with Crippen molar-refractivity contribution in [3.8, 4) is 0 Å². The second-order valence-corrected chi connectivity index (χ2v) is 11.3. The Kier molecular flexibility index (Phi) is 6.60. The largest absolute Gasteiger partial charge is 0.345 e. The molecule has 3 aromatic rings. The van der Waals surface area contributed by atoms with Crippen molar-refractivity contribution in [2.75, 3.05) is 31.1 Å². The number of aromatic nitrogens is 1. The molecular weight excluding hydrogens is 473 g/mol. The van der Waals surface area contributed by atoms with Crippen LogP contribution in [0.2, 0.25) is 10.0 Å². The molecule has 4 rings (SSSR count). The highest BCUT2D eigenvalue weighted by Crippen LogP contribution is 2.32. The second kappa shape index (κ2) is 9.08. The average molecular weight is 496 g/mol. The number of nitrogens with zero attached hydrogens (tertiary/aromatic N) is 3. The van der Waals surface area contributed by atoms with Crippen molar-refractivity contribution < 1.29 is 8.42 Å². The summed E-state index contributed by atoms with van der Waals surface area (Å²) in [5.41, 5.74) is 4.79. The van der Waals surface area contributed by atoms with Crippen LogP contribution in [0, 0.1) is 13.8 Å². The van der Waals surface area contributed by atoms with Crippen molar-refractivity contribution in [2.24, 2.45) is 0 Å². The summed E-state index contributed by atoms with van der Waals surface area (Å²) < 4.78 is 27.5. The van der Waals surface area contributed by atoms with Crippen LogP contribution in [0.15, 0.2) is 46.7 Å². The number of halogens is 2. The van der Waals surface area contributed by atoms with Gasteiger partial charge in [0.05, 0.1) is 15.7 Å². The predicted molar refractivity (Wildman–Crippen MR) is 128 cm³/mol. The molecule has 0 radical (unpaired) electrons.